The summed E-state index contributed by atoms with van der Waals surface area (Å²) in [5.74, 6) is 0.925. The number of hydrogen-bond donors (Lipinski definition) is 2. The Morgan fingerprint density at radius 1 is 1.14 bits per heavy atom. The monoisotopic (exact) mass is 350 g/mol. The van der Waals surface area contributed by atoms with Gasteiger partial charge in [0.2, 0.25) is 0 Å². The van der Waals surface area contributed by atoms with Crippen LogP contribution in [0.4, 0.5) is 11.4 Å². The van der Waals surface area contributed by atoms with Crippen molar-refractivity contribution in [2.75, 3.05) is 25.3 Å². The van der Waals surface area contributed by atoms with Crippen molar-refractivity contribution < 1.29 is 14.3 Å². The second-order valence-corrected chi connectivity index (χ2v) is 5.21. The fourth-order valence-corrected chi connectivity index (χ4v) is 2.30. The Morgan fingerprint density at radius 3 is 2.52 bits per heavy atom. The van der Waals surface area contributed by atoms with Crippen molar-refractivity contribution in [1.82, 2.24) is 0 Å². The van der Waals surface area contributed by atoms with Gasteiger partial charge in [0.15, 0.2) is 0 Å². The number of hydrogen-bond acceptors (Lipinski definition) is 4. The molecular weight excluding hydrogens is 336 g/mol. The van der Waals surface area contributed by atoms with Gasteiger partial charge in [0, 0.05) is 21.8 Å². The van der Waals surface area contributed by atoms with E-state index in [2.05, 4.69) is 21.2 Å². The number of halogens is 1. The highest BCUT2D eigenvalue weighted by Gasteiger charge is 2.10. The quantitative estimate of drug-likeness (QED) is 0.829. The molecule has 0 aliphatic carbocycles. The van der Waals surface area contributed by atoms with Gasteiger partial charge >= 0.3 is 0 Å². The van der Waals surface area contributed by atoms with Crippen LogP contribution in [0.5, 0.6) is 11.5 Å². The maximum absolute atomic E-state index is 12.2. The Hall–Kier alpha value is -2.21. The highest BCUT2D eigenvalue weighted by Crippen LogP contribution is 2.26. The van der Waals surface area contributed by atoms with Crippen LogP contribution in [0.1, 0.15) is 10.4 Å². The van der Waals surface area contributed by atoms with Gasteiger partial charge in [-0.25, -0.2) is 0 Å². The van der Waals surface area contributed by atoms with Gasteiger partial charge in [-0.05, 0) is 30.3 Å². The number of methoxy groups -OCH3 is 2. The van der Waals surface area contributed by atoms with Crippen molar-refractivity contribution in [3.8, 4) is 11.5 Å². The van der Waals surface area contributed by atoms with Crippen LogP contribution in [0, 0.1) is 0 Å². The van der Waals surface area contributed by atoms with E-state index in [9.17, 15) is 4.79 Å². The van der Waals surface area contributed by atoms with Crippen LogP contribution in [0.25, 0.3) is 0 Å². The molecule has 0 radical (unpaired) electrons. The highest BCUT2D eigenvalue weighted by molar-refractivity contribution is 9.10. The molecule has 2 rings (SSSR count). The van der Waals surface area contributed by atoms with Crippen LogP contribution >= 0.6 is 15.9 Å². The number of benzene rings is 2. The molecule has 0 bridgehead atoms. The van der Waals surface area contributed by atoms with Crippen LogP contribution in [-0.4, -0.2) is 20.1 Å². The molecule has 0 spiro atoms. The Labute approximate surface area is 131 Å². The van der Waals surface area contributed by atoms with Gasteiger partial charge in [0.05, 0.1) is 19.9 Å². The molecule has 5 nitrogen and oxygen atoms in total. The van der Waals surface area contributed by atoms with Gasteiger partial charge < -0.3 is 20.5 Å². The summed E-state index contributed by atoms with van der Waals surface area (Å²) >= 11 is 3.36. The first-order chi connectivity index (χ1) is 10.0. The summed E-state index contributed by atoms with van der Waals surface area (Å²) in [5.41, 5.74) is 7.29. The third kappa shape index (κ3) is 3.66. The van der Waals surface area contributed by atoms with E-state index in [1.807, 2.05) is 0 Å². The number of carbonyl (C=O) groups excluding carboxylic acids is 1. The summed E-state index contributed by atoms with van der Waals surface area (Å²) in [6.07, 6.45) is 0. The van der Waals surface area contributed by atoms with E-state index in [4.69, 9.17) is 15.2 Å². The summed E-state index contributed by atoms with van der Waals surface area (Å²) in [6.45, 7) is 0. The first-order valence-electron chi connectivity index (χ1n) is 6.13. The lowest BCUT2D eigenvalue weighted by atomic mass is 10.1. The van der Waals surface area contributed by atoms with Crippen molar-refractivity contribution in [3.05, 3.63) is 46.4 Å². The molecule has 110 valence electrons. The zero-order valence-electron chi connectivity index (χ0n) is 11.6. The van der Waals surface area contributed by atoms with E-state index < -0.39 is 0 Å². The number of amides is 1. The smallest absolute Gasteiger partial charge is 0.255 e. The average Bonchev–Trinajstić information content (AvgIpc) is 2.46. The number of nitrogen functional groups attached to an aromatic ring is 1. The molecule has 0 saturated heterocycles. The minimum absolute atomic E-state index is 0.260. The third-order valence-corrected chi connectivity index (χ3v) is 3.31. The van der Waals surface area contributed by atoms with Gasteiger partial charge in [0.25, 0.3) is 5.91 Å². The fraction of sp³-hybridized carbons (Fsp3) is 0.133. The molecule has 0 aliphatic rings. The van der Waals surface area contributed by atoms with Crippen molar-refractivity contribution in [3.63, 3.8) is 0 Å². The van der Waals surface area contributed by atoms with E-state index in [-0.39, 0.29) is 5.91 Å². The average molecular weight is 351 g/mol. The largest absolute Gasteiger partial charge is 0.497 e. The van der Waals surface area contributed by atoms with E-state index in [1.165, 1.54) is 7.11 Å². The highest BCUT2D eigenvalue weighted by atomic mass is 79.9. The SMILES string of the molecule is COc1cc(Br)cc(NC(=O)c2ccc(OC)c(N)c2)c1. The van der Waals surface area contributed by atoms with Crippen molar-refractivity contribution in [1.29, 1.82) is 0 Å². The van der Waals surface area contributed by atoms with Crippen molar-refractivity contribution in [2.45, 2.75) is 0 Å². The molecule has 2 aromatic carbocycles. The Bertz CT molecular complexity index is 674. The maximum Gasteiger partial charge on any atom is 0.255 e. The standard InChI is InChI=1S/C15H15BrN2O3/c1-20-12-7-10(16)6-11(8-12)18-15(19)9-3-4-14(21-2)13(17)5-9/h3-8H,17H2,1-2H3,(H,18,19). The molecule has 0 atom stereocenters. The molecule has 2 aromatic rings. The lowest BCUT2D eigenvalue weighted by Crippen LogP contribution is -2.12. The third-order valence-electron chi connectivity index (χ3n) is 2.86. The van der Waals surface area contributed by atoms with E-state index in [0.717, 1.165) is 4.47 Å². The van der Waals surface area contributed by atoms with Crippen LogP contribution in [0.2, 0.25) is 0 Å². The minimum Gasteiger partial charge on any atom is -0.497 e. The first-order valence-corrected chi connectivity index (χ1v) is 6.92. The molecule has 0 heterocycles. The number of rotatable bonds is 4. The van der Waals surface area contributed by atoms with Crippen molar-refractivity contribution >= 4 is 33.2 Å². The summed E-state index contributed by atoms with van der Waals surface area (Å²) in [5, 5.41) is 2.79. The predicted octanol–water partition coefficient (Wildman–Crippen LogP) is 3.30. The molecule has 1 amide bonds. The van der Waals surface area contributed by atoms with E-state index in [1.54, 1.807) is 43.5 Å². The molecular formula is C15H15BrN2O3. The van der Waals surface area contributed by atoms with Crippen LogP contribution in [0.15, 0.2) is 40.9 Å². The summed E-state index contributed by atoms with van der Waals surface area (Å²) in [7, 11) is 3.09. The summed E-state index contributed by atoms with van der Waals surface area (Å²) < 4.78 is 11.0. The molecule has 0 saturated carbocycles. The van der Waals surface area contributed by atoms with Gasteiger partial charge in [0.1, 0.15) is 11.5 Å². The number of nitrogens with two attached hydrogens (primary N) is 1. The summed E-state index contributed by atoms with van der Waals surface area (Å²) in [4.78, 5) is 12.2. The number of anilines is 2. The number of carbonyl (C=O) groups is 1. The Kier molecular flexibility index (Phi) is 4.70. The van der Waals surface area contributed by atoms with Crippen molar-refractivity contribution in [2.24, 2.45) is 0 Å². The first kappa shape index (κ1) is 15.2. The molecule has 0 unspecified atom stereocenters. The second-order valence-electron chi connectivity index (χ2n) is 4.29. The molecule has 0 fully saturated rings. The summed E-state index contributed by atoms with van der Waals surface area (Å²) in [6, 6.07) is 10.2. The lowest BCUT2D eigenvalue weighted by molar-refractivity contribution is 0.102. The molecule has 21 heavy (non-hydrogen) atoms. The minimum atomic E-state index is -0.260. The predicted molar refractivity (Wildman–Crippen MR) is 86.1 cm³/mol. The normalized spacial score (nSPS) is 10.0. The molecule has 3 N–H and O–H groups in total. The van der Waals surface area contributed by atoms with Crippen LogP contribution in [0.3, 0.4) is 0 Å². The topological polar surface area (TPSA) is 73.6 Å². The Balaban J connectivity index is 2.21. The van der Waals surface area contributed by atoms with Gasteiger partial charge in [-0.2, -0.15) is 0 Å². The van der Waals surface area contributed by atoms with E-state index in [0.29, 0.717) is 28.4 Å². The maximum atomic E-state index is 12.2. The Morgan fingerprint density at radius 2 is 1.90 bits per heavy atom. The fourth-order valence-electron chi connectivity index (χ4n) is 1.83. The van der Waals surface area contributed by atoms with Gasteiger partial charge in [-0.15, -0.1) is 0 Å². The molecule has 0 aromatic heterocycles. The molecule has 0 aliphatic heterocycles. The number of ether oxygens (including phenoxy) is 2. The van der Waals surface area contributed by atoms with Gasteiger partial charge in [-0.1, -0.05) is 15.9 Å². The van der Waals surface area contributed by atoms with Gasteiger partial charge in [-0.3, -0.25) is 4.79 Å². The number of nitrogens with one attached hydrogen (secondary N) is 1. The zero-order chi connectivity index (χ0) is 15.4. The second kappa shape index (κ2) is 6.49. The van der Waals surface area contributed by atoms with Crippen LogP contribution in [-0.2, 0) is 0 Å². The van der Waals surface area contributed by atoms with E-state index >= 15 is 0 Å². The zero-order valence-corrected chi connectivity index (χ0v) is 13.2. The lowest BCUT2D eigenvalue weighted by Gasteiger charge is -2.10. The van der Waals surface area contributed by atoms with Crippen LogP contribution < -0.4 is 20.5 Å². The molecule has 6 heteroatoms.